The van der Waals surface area contributed by atoms with E-state index in [9.17, 15) is 0 Å². The predicted molar refractivity (Wildman–Crippen MR) is 83.3 cm³/mol. The van der Waals surface area contributed by atoms with E-state index >= 15 is 0 Å². The Bertz CT molecular complexity index is 392. The van der Waals surface area contributed by atoms with Crippen LogP contribution in [0, 0.1) is 0 Å². The lowest BCUT2D eigenvalue weighted by atomic mass is 9.93. The summed E-state index contributed by atoms with van der Waals surface area (Å²) >= 11 is 7.58. The van der Waals surface area contributed by atoms with E-state index in [4.69, 9.17) is 16.6 Å². The molecule has 1 aromatic heterocycles. The second-order valence-electron chi connectivity index (χ2n) is 6.18. The van der Waals surface area contributed by atoms with Crippen molar-refractivity contribution in [3.8, 4) is 0 Å². The van der Waals surface area contributed by atoms with Crippen molar-refractivity contribution in [3.05, 3.63) is 16.1 Å². The zero-order valence-corrected chi connectivity index (χ0v) is 13.7. The maximum atomic E-state index is 5.78. The molecule has 2 heterocycles. The van der Waals surface area contributed by atoms with Crippen LogP contribution in [0.1, 0.15) is 31.5 Å². The largest absolute Gasteiger partial charge is 0.300 e. The van der Waals surface area contributed by atoms with Gasteiger partial charge >= 0.3 is 0 Å². The van der Waals surface area contributed by atoms with E-state index in [0.717, 1.165) is 45.1 Å². The quantitative estimate of drug-likeness (QED) is 0.797. The van der Waals surface area contributed by atoms with Gasteiger partial charge in [-0.15, -0.1) is 22.9 Å². The Balaban J connectivity index is 1.84. The first-order valence-corrected chi connectivity index (χ1v) is 8.36. The summed E-state index contributed by atoms with van der Waals surface area (Å²) in [6.07, 6.45) is 0. The van der Waals surface area contributed by atoms with E-state index in [1.807, 2.05) is 0 Å². The highest BCUT2D eigenvalue weighted by Gasteiger charge is 2.20. The molecule has 0 amide bonds. The molecule has 1 fully saturated rings. The Morgan fingerprint density at radius 3 is 2.37 bits per heavy atom. The third-order valence-corrected chi connectivity index (χ3v) is 4.55. The summed E-state index contributed by atoms with van der Waals surface area (Å²) in [5.41, 5.74) is 1.38. The van der Waals surface area contributed by atoms with Crippen molar-refractivity contribution in [3.63, 3.8) is 0 Å². The SMILES string of the molecule is CC(C)(C)c1csc(CN2CCN(CCCl)CC2)n1. The van der Waals surface area contributed by atoms with Gasteiger partial charge in [0, 0.05) is 49.4 Å². The third-order valence-electron chi connectivity index (χ3n) is 3.54. The van der Waals surface area contributed by atoms with Gasteiger partial charge in [0.05, 0.1) is 12.2 Å². The molecular formula is C14H24ClN3S. The van der Waals surface area contributed by atoms with Gasteiger partial charge < -0.3 is 0 Å². The number of aromatic nitrogens is 1. The average Bonchev–Trinajstić information content (AvgIpc) is 2.80. The molecule has 0 bridgehead atoms. The van der Waals surface area contributed by atoms with Gasteiger partial charge in [0.2, 0.25) is 0 Å². The van der Waals surface area contributed by atoms with Gasteiger partial charge in [-0.05, 0) is 0 Å². The summed E-state index contributed by atoms with van der Waals surface area (Å²) in [5, 5.41) is 3.45. The summed E-state index contributed by atoms with van der Waals surface area (Å²) in [5.74, 6) is 0.738. The number of halogens is 1. The zero-order chi connectivity index (χ0) is 13.9. The highest BCUT2D eigenvalue weighted by molar-refractivity contribution is 7.09. The first-order chi connectivity index (χ1) is 8.99. The lowest BCUT2D eigenvalue weighted by molar-refractivity contribution is 0.132. The third kappa shape index (κ3) is 4.42. The van der Waals surface area contributed by atoms with Crippen LogP contribution in [0.4, 0.5) is 0 Å². The van der Waals surface area contributed by atoms with Gasteiger partial charge in [-0.25, -0.2) is 4.98 Å². The topological polar surface area (TPSA) is 19.4 Å². The molecular weight excluding hydrogens is 278 g/mol. The molecule has 2 rings (SSSR count). The van der Waals surface area contributed by atoms with Gasteiger partial charge in [0.25, 0.3) is 0 Å². The number of alkyl halides is 1. The van der Waals surface area contributed by atoms with Crippen LogP contribution >= 0.6 is 22.9 Å². The van der Waals surface area contributed by atoms with Gasteiger partial charge in [-0.1, -0.05) is 20.8 Å². The normalized spacial score (nSPS) is 18.9. The molecule has 0 atom stereocenters. The van der Waals surface area contributed by atoms with Crippen molar-refractivity contribution in [2.75, 3.05) is 38.6 Å². The number of rotatable bonds is 4. The van der Waals surface area contributed by atoms with Crippen LogP contribution in [0.2, 0.25) is 0 Å². The Hall–Kier alpha value is -0.160. The summed E-state index contributed by atoms with van der Waals surface area (Å²) in [6, 6.07) is 0. The molecule has 1 aromatic rings. The van der Waals surface area contributed by atoms with Gasteiger partial charge in [-0.3, -0.25) is 9.80 Å². The van der Waals surface area contributed by atoms with Gasteiger partial charge in [0.15, 0.2) is 0 Å². The van der Waals surface area contributed by atoms with Crippen molar-refractivity contribution in [2.45, 2.75) is 32.7 Å². The van der Waals surface area contributed by atoms with E-state index in [-0.39, 0.29) is 5.41 Å². The summed E-state index contributed by atoms with van der Waals surface area (Å²) in [7, 11) is 0. The minimum atomic E-state index is 0.161. The van der Waals surface area contributed by atoms with Crippen LogP contribution in [-0.2, 0) is 12.0 Å². The van der Waals surface area contributed by atoms with Crippen molar-refractivity contribution in [2.24, 2.45) is 0 Å². The average molecular weight is 302 g/mol. The smallest absolute Gasteiger partial charge is 0.107 e. The molecule has 1 saturated heterocycles. The number of piperazine rings is 1. The first-order valence-electron chi connectivity index (χ1n) is 6.94. The molecule has 0 saturated carbocycles. The van der Waals surface area contributed by atoms with Crippen LogP contribution < -0.4 is 0 Å². The summed E-state index contributed by atoms with van der Waals surface area (Å²) in [4.78, 5) is 9.71. The molecule has 3 nitrogen and oxygen atoms in total. The Morgan fingerprint density at radius 2 is 1.84 bits per heavy atom. The molecule has 108 valence electrons. The van der Waals surface area contributed by atoms with E-state index in [2.05, 4.69) is 36.0 Å². The fourth-order valence-corrected chi connectivity index (χ4v) is 3.51. The Labute approximate surface area is 125 Å². The molecule has 0 radical (unpaired) electrons. The molecule has 0 spiro atoms. The molecule has 0 unspecified atom stereocenters. The molecule has 19 heavy (non-hydrogen) atoms. The van der Waals surface area contributed by atoms with Crippen LogP contribution in [0.25, 0.3) is 0 Å². The second-order valence-corrected chi connectivity index (χ2v) is 7.50. The van der Waals surface area contributed by atoms with E-state index in [1.165, 1.54) is 10.7 Å². The highest BCUT2D eigenvalue weighted by Crippen LogP contribution is 2.24. The van der Waals surface area contributed by atoms with Crippen molar-refractivity contribution in [1.29, 1.82) is 0 Å². The molecule has 1 aliphatic rings. The maximum absolute atomic E-state index is 5.78. The minimum absolute atomic E-state index is 0.161. The lowest BCUT2D eigenvalue weighted by Gasteiger charge is -2.33. The van der Waals surface area contributed by atoms with Crippen LogP contribution in [0.5, 0.6) is 0 Å². The van der Waals surface area contributed by atoms with Gasteiger partial charge in [0.1, 0.15) is 5.01 Å². The number of thiazole rings is 1. The number of hydrogen-bond acceptors (Lipinski definition) is 4. The van der Waals surface area contributed by atoms with Gasteiger partial charge in [-0.2, -0.15) is 0 Å². The standard InChI is InChI=1S/C14H24ClN3S/c1-14(2,3)12-11-19-13(16-12)10-18-8-6-17(5-4-15)7-9-18/h11H,4-10H2,1-3H3. The fraction of sp³-hybridized carbons (Fsp3) is 0.786. The van der Waals surface area contributed by atoms with E-state index in [1.54, 1.807) is 11.3 Å². The summed E-state index contributed by atoms with van der Waals surface area (Å²) in [6.45, 7) is 13.2. The fourth-order valence-electron chi connectivity index (χ4n) is 2.21. The molecule has 0 aliphatic carbocycles. The van der Waals surface area contributed by atoms with Crippen LogP contribution in [0.3, 0.4) is 0 Å². The second kappa shape index (κ2) is 6.53. The Morgan fingerprint density at radius 1 is 1.21 bits per heavy atom. The Kier molecular flexibility index (Phi) is 5.23. The highest BCUT2D eigenvalue weighted by atomic mass is 35.5. The van der Waals surface area contributed by atoms with E-state index < -0.39 is 0 Å². The zero-order valence-electron chi connectivity index (χ0n) is 12.2. The molecule has 5 heteroatoms. The first kappa shape index (κ1) is 15.2. The molecule has 0 aromatic carbocycles. The molecule has 0 N–H and O–H groups in total. The maximum Gasteiger partial charge on any atom is 0.107 e. The van der Waals surface area contributed by atoms with Crippen LogP contribution in [-0.4, -0.2) is 53.4 Å². The minimum Gasteiger partial charge on any atom is -0.300 e. The lowest BCUT2D eigenvalue weighted by Crippen LogP contribution is -2.46. The van der Waals surface area contributed by atoms with Crippen LogP contribution in [0.15, 0.2) is 5.38 Å². The monoisotopic (exact) mass is 301 g/mol. The van der Waals surface area contributed by atoms with Crippen molar-refractivity contribution < 1.29 is 0 Å². The summed E-state index contributed by atoms with van der Waals surface area (Å²) < 4.78 is 0. The number of hydrogen-bond donors (Lipinski definition) is 0. The predicted octanol–water partition coefficient (Wildman–Crippen LogP) is 2.80. The van der Waals surface area contributed by atoms with Crippen molar-refractivity contribution in [1.82, 2.24) is 14.8 Å². The van der Waals surface area contributed by atoms with E-state index in [0.29, 0.717) is 0 Å². The number of nitrogens with zero attached hydrogens (tertiary/aromatic N) is 3. The molecule has 1 aliphatic heterocycles. The van der Waals surface area contributed by atoms with Crippen molar-refractivity contribution >= 4 is 22.9 Å².